The molecule has 3 aliphatic heterocycles. The van der Waals surface area contributed by atoms with Crippen LogP contribution in [-0.2, 0) is 14.4 Å². The summed E-state index contributed by atoms with van der Waals surface area (Å²) in [6, 6.07) is 18.4. The number of ketones is 1. The maximum Gasteiger partial charge on any atom is 0.335 e. The van der Waals surface area contributed by atoms with Crippen LogP contribution >= 0.6 is 0 Å². The molecule has 202 valence electrons. The summed E-state index contributed by atoms with van der Waals surface area (Å²) in [6.45, 7) is 7.46. The minimum absolute atomic E-state index is 0.108. The van der Waals surface area contributed by atoms with Crippen molar-refractivity contribution in [1.29, 1.82) is 0 Å². The summed E-state index contributed by atoms with van der Waals surface area (Å²) in [5, 5.41) is 0. The molecule has 0 aliphatic carbocycles. The zero-order valence-electron chi connectivity index (χ0n) is 22.8. The third-order valence-corrected chi connectivity index (χ3v) is 8.19. The van der Waals surface area contributed by atoms with Crippen LogP contribution in [0.25, 0.3) is 6.08 Å². The van der Waals surface area contributed by atoms with E-state index < -0.39 is 35.8 Å². The number of aryl methyl sites for hydroxylation is 1. The predicted octanol–water partition coefficient (Wildman–Crippen LogP) is 5.32. The predicted molar refractivity (Wildman–Crippen MR) is 152 cm³/mol. The van der Waals surface area contributed by atoms with Crippen molar-refractivity contribution < 1.29 is 23.9 Å². The second kappa shape index (κ2) is 9.59. The molecule has 0 spiro atoms. The van der Waals surface area contributed by atoms with E-state index in [1.54, 1.807) is 24.3 Å². The lowest BCUT2D eigenvalue weighted by Crippen LogP contribution is -2.50. The van der Waals surface area contributed by atoms with E-state index >= 15 is 0 Å². The first kappa shape index (κ1) is 25.7. The lowest BCUT2D eigenvalue weighted by molar-refractivity contribution is -0.139. The van der Waals surface area contributed by atoms with Crippen molar-refractivity contribution >= 4 is 41.0 Å². The second-order valence-corrected chi connectivity index (χ2v) is 11.0. The van der Waals surface area contributed by atoms with Gasteiger partial charge in [-0.1, -0.05) is 56.3 Å². The minimum Gasteiger partial charge on any atom is -0.425 e. The summed E-state index contributed by atoms with van der Waals surface area (Å²) in [5.74, 6) is -2.58. The summed E-state index contributed by atoms with van der Waals surface area (Å²) in [5.41, 5.74) is 4.41. The lowest BCUT2D eigenvalue weighted by atomic mass is 9.88. The number of imide groups is 1. The number of amides is 2. The maximum atomic E-state index is 14.1. The van der Waals surface area contributed by atoms with Crippen molar-refractivity contribution in [3.63, 3.8) is 0 Å². The van der Waals surface area contributed by atoms with Gasteiger partial charge in [0.1, 0.15) is 11.8 Å². The smallest absolute Gasteiger partial charge is 0.335 e. The molecule has 0 N–H and O–H groups in total. The van der Waals surface area contributed by atoms with Gasteiger partial charge in [0.25, 0.3) is 0 Å². The SMILES string of the molecule is CC(=O)c1ccc(N2C(=O)[C@@H]3[C@H](C2=O)[C@H](C(=O)Oc2cc(C)ccc2C(C)C)N2c4ccccc4C=C[C@@H]32)cc1. The van der Waals surface area contributed by atoms with Crippen LogP contribution in [0.5, 0.6) is 5.75 Å². The highest BCUT2D eigenvalue weighted by Gasteiger charge is 2.65. The topological polar surface area (TPSA) is 84.0 Å². The zero-order chi connectivity index (χ0) is 28.3. The first-order valence-corrected chi connectivity index (χ1v) is 13.5. The summed E-state index contributed by atoms with van der Waals surface area (Å²) < 4.78 is 6.09. The number of carbonyl (C=O) groups is 4. The quantitative estimate of drug-likeness (QED) is 0.191. The highest BCUT2D eigenvalue weighted by Crippen LogP contribution is 2.49. The largest absolute Gasteiger partial charge is 0.425 e. The molecule has 0 aromatic heterocycles. The molecular weight excluding hydrogens is 504 g/mol. The Morgan fingerprint density at radius 1 is 0.900 bits per heavy atom. The molecule has 2 saturated heterocycles. The number of esters is 1. The molecule has 3 aromatic carbocycles. The second-order valence-electron chi connectivity index (χ2n) is 11.0. The van der Waals surface area contributed by atoms with E-state index in [-0.39, 0.29) is 17.6 Å². The molecule has 4 atom stereocenters. The number of hydrogen-bond acceptors (Lipinski definition) is 6. The minimum atomic E-state index is -1.00. The highest BCUT2D eigenvalue weighted by atomic mass is 16.5. The van der Waals surface area contributed by atoms with Crippen molar-refractivity contribution in [2.45, 2.75) is 45.7 Å². The first-order valence-electron chi connectivity index (χ1n) is 13.5. The Balaban J connectivity index is 1.43. The molecule has 6 rings (SSSR count). The summed E-state index contributed by atoms with van der Waals surface area (Å²) >= 11 is 0. The number of fused-ring (bicyclic) bond motifs is 5. The van der Waals surface area contributed by atoms with Crippen LogP contribution in [0.2, 0.25) is 0 Å². The Bertz CT molecular complexity index is 1590. The molecular formula is C33H30N2O5. The van der Waals surface area contributed by atoms with E-state index in [1.165, 1.54) is 6.92 Å². The molecule has 0 radical (unpaired) electrons. The Labute approximate surface area is 233 Å². The van der Waals surface area contributed by atoms with E-state index in [0.29, 0.717) is 17.0 Å². The molecule has 3 aromatic rings. The number of anilines is 2. The number of ether oxygens (including phenoxy) is 1. The van der Waals surface area contributed by atoms with Crippen molar-refractivity contribution in [2.75, 3.05) is 9.80 Å². The number of hydrogen-bond donors (Lipinski definition) is 0. The molecule has 40 heavy (non-hydrogen) atoms. The van der Waals surface area contributed by atoms with Crippen LogP contribution in [0.4, 0.5) is 11.4 Å². The molecule has 0 bridgehead atoms. The molecule has 0 unspecified atom stereocenters. The van der Waals surface area contributed by atoms with E-state index in [2.05, 4.69) is 0 Å². The van der Waals surface area contributed by atoms with E-state index in [0.717, 1.165) is 27.3 Å². The van der Waals surface area contributed by atoms with Crippen LogP contribution in [0.1, 0.15) is 53.7 Å². The van der Waals surface area contributed by atoms with Gasteiger partial charge in [-0.25, -0.2) is 9.69 Å². The van der Waals surface area contributed by atoms with Crippen LogP contribution in [0, 0.1) is 18.8 Å². The van der Waals surface area contributed by atoms with Crippen molar-refractivity contribution in [2.24, 2.45) is 11.8 Å². The molecule has 2 amide bonds. The van der Waals surface area contributed by atoms with Gasteiger partial charge >= 0.3 is 5.97 Å². The number of para-hydroxylation sites is 1. The third-order valence-electron chi connectivity index (χ3n) is 8.19. The number of carbonyl (C=O) groups excluding carboxylic acids is 4. The van der Waals surface area contributed by atoms with Crippen LogP contribution in [0.3, 0.4) is 0 Å². The normalized spacial score (nSPS) is 22.8. The van der Waals surface area contributed by atoms with Gasteiger partial charge < -0.3 is 9.64 Å². The van der Waals surface area contributed by atoms with Gasteiger partial charge in [-0.2, -0.15) is 0 Å². The fourth-order valence-corrected chi connectivity index (χ4v) is 6.26. The van der Waals surface area contributed by atoms with Gasteiger partial charge in [-0.15, -0.1) is 0 Å². The van der Waals surface area contributed by atoms with Gasteiger partial charge in [0.15, 0.2) is 5.78 Å². The first-order chi connectivity index (χ1) is 19.2. The highest BCUT2D eigenvalue weighted by molar-refractivity contribution is 6.24. The Morgan fingerprint density at radius 2 is 1.60 bits per heavy atom. The number of nitrogens with zero attached hydrogens (tertiary/aromatic N) is 2. The Kier molecular flexibility index (Phi) is 6.17. The summed E-state index contributed by atoms with van der Waals surface area (Å²) in [6.07, 6.45) is 3.85. The van der Waals surface area contributed by atoms with Gasteiger partial charge in [-0.05, 0) is 72.9 Å². The average Bonchev–Trinajstić information content (AvgIpc) is 3.41. The van der Waals surface area contributed by atoms with E-state index in [4.69, 9.17) is 4.74 Å². The zero-order valence-corrected chi connectivity index (χ0v) is 22.8. The summed E-state index contributed by atoms with van der Waals surface area (Å²) in [4.78, 5) is 56.9. The van der Waals surface area contributed by atoms with E-state index in [9.17, 15) is 19.2 Å². The molecule has 0 saturated carbocycles. The van der Waals surface area contributed by atoms with Gasteiger partial charge in [0.05, 0.1) is 23.6 Å². The van der Waals surface area contributed by atoms with Crippen LogP contribution in [-0.4, -0.2) is 35.7 Å². The number of rotatable bonds is 5. The van der Waals surface area contributed by atoms with E-state index in [1.807, 2.05) is 80.3 Å². The number of benzene rings is 3. The van der Waals surface area contributed by atoms with Crippen LogP contribution in [0.15, 0.2) is 72.8 Å². The van der Waals surface area contributed by atoms with Crippen LogP contribution < -0.4 is 14.5 Å². The van der Waals surface area contributed by atoms with Crippen molar-refractivity contribution in [3.8, 4) is 5.75 Å². The number of Topliss-reactive ketones (excluding diaryl/α,β-unsaturated/α-hetero) is 1. The molecule has 7 heteroatoms. The maximum absolute atomic E-state index is 14.1. The van der Waals surface area contributed by atoms with Gasteiger partial charge in [-0.3, -0.25) is 14.4 Å². The molecule has 2 fully saturated rings. The molecule has 3 heterocycles. The lowest BCUT2D eigenvalue weighted by Gasteiger charge is -2.36. The van der Waals surface area contributed by atoms with Crippen molar-refractivity contribution in [1.82, 2.24) is 0 Å². The fraction of sp³-hybridized carbons (Fsp3) is 0.273. The average molecular weight is 535 g/mol. The fourth-order valence-electron chi connectivity index (χ4n) is 6.26. The Morgan fingerprint density at radius 3 is 2.30 bits per heavy atom. The standard InChI is InChI=1S/C33H30N2O5/c1-18(2)24-15-9-19(3)17-27(24)40-33(39)30-29-28(26-16-12-22-7-5-6-8-25(22)35(26)30)31(37)34(32(29)38)23-13-10-21(11-14-23)20(4)36/h5-18,26,28-30H,1-4H3/t26-,28-,29-,30+/m0/s1. The summed E-state index contributed by atoms with van der Waals surface area (Å²) in [7, 11) is 0. The van der Waals surface area contributed by atoms with Crippen molar-refractivity contribution in [3.05, 3.63) is 95.1 Å². The van der Waals surface area contributed by atoms with Gasteiger partial charge in [0, 0.05) is 11.3 Å². The van der Waals surface area contributed by atoms with Gasteiger partial charge in [0.2, 0.25) is 11.8 Å². The third kappa shape index (κ3) is 3.96. The molecule has 7 nitrogen and oxygen atoms in total. The monoisotopic (exact) mass is 534 g/mol. The molecule has 3 aliphatic rings. The Hall–Kier alpha value is -4.52.